The van der Waals surface area contributed by atoms with Crippen molar-refractivity contribution in [3.8, 4) is 0 Å². The summed E-state index contributed by atoms with van der Waals surface area (Å²) in [5, 5.41) is 13.5. The number of primary amides is 1. The number of halogens is 1. The summed E-state index contributed by atoms with van der Waals surface area (Å²) in [6.07, 6.45) is 0.484. The Labute approximate surface area is 114 Å². The molecule has 0 aliphatic heterocycles. The van der Waals surface area contributed by atoms with Crippen LogP contribution in [0.15, 0.2) is 18.2 Å². The Morgan fingerprint density at radius 2 is 2.00 bits per heavy atom. The number of anilines is 1. The van der Waals surface area contributed by atoms with Gasteiger partial charge in [-0.25, -0.2) is 14.0 Å². The number of carboxylic acid groups (broad SMARTS) is 1. The van der Waals surface area contributed by atoms with Crippen molar-refractivity contribution in [2.45, 2.75) is 12.8 Å². The first-order chi connectivity index (χ1) is 9.41. The minimum atomic E-state index is -1.48. The lowest BCUT2D eigenvalue weighted by molar-refractivity contribution is -0.118. The van der Waals surface area contributed by atoms with Gasteiger partial charge in [0.1, 0.15) is 11.4 Å². The van der Waals surface area contributed by atoms with Crippen LogP contribution in [0.5, 0.6) is 0 Å². The topological polar surface area (TPSA) is 122 Å². The van der Waals surface area contributed by atoms with E-state index in [1.807, 2.05) is 0 Å². The van der Waals surface area contributed by atoms with Gasteiger partial charge in [-0.3, -0.25) is 4.79 Å². The van der Waals surface area contributed by atoms with Gasteiger partial charge in [-0.1, -0.05) is 6.07 Å². The Hall–Kier alpha value is -2.64. The number of nitrogens with two attached hydrogens (primary N) is 1. The lowest BCUT2D eigenvalue weighted by atomic mass is 10.1. The average Bonchev–Trinajstić information content (AvgIpc) is 2.34. The molecule has 1 aromatic rings. The van der Waals surface area contributed by atoms with Crippen molar-refractivity contribution >= 4 is 23.6 Å². The molecule has 0 saturated carbocycles. The largest absolute Gasteiger partial charge is 0.478 e. The van der Waals surface area contributed by atoms with Gasteiger partial charge in [0.15, 0.2) is 0 Å². The van der Waals surface area contributed by atoms with Crippen molar-refractivity contribution < 1.29 is 23.9 Å². The number of rotatable bonds is 6. The van der Waals surface area contributed by atoms with Gasteiger partial charge in [0.2, 0.25) is 5.91 Å². The Kier molecular flexibility index (Phi) is 5.45. The zero-order valence-electron chi connectivity index (χ0n) is 10.5. The third-order valence-electron chi connectivity index (χ3n) is 2.36. The van der Waals surface area contributed by atoms with Crippen LogP contribution < -0.4 is 16.4 Å². The van der Waals surface area contributed by atoms with Crippen LogP contribution in [0.25, 0.3) is 0 Å². The quantitative estimate of drug-likeness (QED) is 0.580. The van der Waals surface area contributed by atoms with Crippen LogP contribution in [0.4, 0.5) is 14.9 Å². The normalized spacial score (nSPS) is 9.85. The van der Waals surface area contributed by atoms with Crippen LogP contribution in [0.2, 0.25) is 0 Å². The van der Waals surface area contributed by atoms with E-state index in [0.29, 0.717) is 6.42 Å². The second-order valence-electron chi connectivity index (χ2n) is 3.92. The fourth-order valence-electron chi connectivity index (χ4n) is 1.48. The Balaban J connectivity index is 2.60. The molecule has 0 heterocycles. The fourth-order valence-corrected chi connectivity index (χ4v) is 1.48. The lowest BCUT2D eigenvalue weighted by Crippen LogP contribution is -2.30. The van der Waals surface area contributed by atoms with Crippen LogP contribution in [0.3, 0.4) is 0 Å². The maximum Gasteiger partial charge on any atom is 0.340 e. The van der Waals surface area contributed by atoms with Crippen LogP contribution in [-0.2, 0) is 4.79 Å². The van der Waals surface area contributed by atoms with E-state index in [4.69, 9.17) is 10.8 Å². The summed E-state index contributed by atoms with van der Waals surface area (Å²) < 4.78 is 13.3. The van der Waals surface area contributed by atoms with Crippen LogP contribution in [0, 0.1) is 5.82 Å². The van der Waals surface area contributed by atoms with E-state index in [1.165, 1.54) is 12.1 Å². The predicted octanol–water partition coefficient (Wildman–Crippen LogP) is 0.911. The van der Waals surface area contributed by atoms with Gasteiger partial charge in [-0.05, 0) is 18.6 Å². The lowest BCUT2D eigenvalue weighted by Gasteiger charge is -2.10. The van der Waals surface area contributed by atoms with Crippen LogP contribution in [-0.4, -0.2) is 29.6 Å². The molecule has 1 aromatic carbocycles. The second kappa shape index (κ2) is 7.07. The summed E-state index contributed by atoms with van der Waals surface area (Å²) in [5.74, 6) is -2.90. The molecule has 0 unspecified atom stereocenters. The van der Waals surface area contributed by atoms with Crippen molar-refractivity contribution in [1.29, 1.82) is 0 Å². The molecular weight excluding hydrogens is 269 g/mol. The van der Waals surface area contributed by atoms with Crippen LogP contribution >= 0.6 is 0 Å². The standard InChI is InChI=1S/C12H14FN3O4/c13-7-3-1-4-8(10(7)11(18)19)16-12(20)15-6-2-5-9(14)17/h1,3-4H,2,5-6H2,(H2,14,17)(H,18,19)(H2,15,16,20). The number of carbonyl (C=O) groups is 3. The zero-order chi connectivity index (χ0) is 15.1. The minimum Gasteiger partial charge on any atom is -0.478 e. The third-order valence-corrected chi connectivity index (χ3v) is 2.36. The van der Waals surface area contributed by atoms with E-state index in [9.17, 15) is 18.8 Å². The Morgan fingerprint density at radius 3 is 2.60 bits per heavy atom. The molecule has 0 aromatic heterocycles. The molecular formula is C12H14FN3O4. The number of hydrogen-bond acceptors (Lipinski definition) is 3. The number of hydrogen-bond donors (Lipinski definition) is 4. The van der Waals surface area contributed by atoms with Crippen molar-refractivity contribution in [3.63, 3.8) is 0 Å². The first kappa shape index (κ1) is 15.4. The molecule has 0 spiro atoms. The van der Waals surface area contributed by atoms with Gasteiger partial charge in [0.05, 0.1) is 5.69 Å². The average molecular weight is 283 g/mol. The van der Waals surface area contributed by atoms with E-state index in [-0.39, 0.29) is 18.7 Å². The summed E-state index contributed by atoms with van der Waals surface area (Å²) in [6.45, 7) is 0.187. The molecule has 108 valence electrons. The van der Waals surface area contributed by atoms with Gasteiger partial charge >= 0.3 is 12.0 Å². The van der Waals surface area contributed by atoms with E-state index < -0.39 is 29.3 Å². The highest BCUT2D eigenvalue weighted by Crippen LogP contribution is 2.18. The number of aromatic carboxylic acids is 1. The molecule has 1 rings (SSSR count). The second-order valence-corrected chi connectivity index (χ2v) is 3.92. The number of benzene rings is 1. The molecule has 7 nitrogen and oxygen atoms in total. The van der Waals surface area contributed by atoms with E-state index in [2.05, 4.69) is 10.6 Å². The predicted molar refractivity (Wildman–Crippen MR) is 68.8 cm³/mol. The molecule has 0 atom stereocenters. The highest BCUT2D eigenvalue weighted by molar-refractivity contribution is 6.00. The summed E-state index contributed by atoms with van der Waals surface area (Å²) >= 11 is 0. The number of nitrogens with one attached hydrogen (secondary N) is 2. The van der Waals surface area contributed by atoms with Gasteiger partial charge in [-0.15, -0.1) is 0 Å². The third kappa shape index (κ3) is 4.56. The Bertz CT molecular complexity index is 533. The van der Waals surface area contributed by atoms with Gasteiger partial charge in [0, 0.05) is 13.0 Å². The molecule has 5 N–H and O–H groups in total. The van der Waals surface area contributed by atoms with Gasteiger partial charge in [-0.2, -0.15) is 0 Å². The molecule has 0 aliphatic carbocycles. The van der Waals surface area contributed by atoms with E-state index in [1.54, 1.807) is 0 Å². The molecule has 8 heteroatoms. The highest BCUT2D eigenvalue weighted by atomic mass is 19.1. The maximum atomic E-state index is 13.3. The molecule has 3 amide bonds. The van der Waals surface area contributed by atoms with Gasteiger partial charge < -0.3 is 21.5 Å². The molecule has 0 bridgehead atoms. The van der Waals surface area contributed by atoms with Crippen molar-refractivity contribution in [3.05, 3.63) is 29.6 Å². The first-order valence-electron chi connectivity index (χ1n) is 5.76. The fraction of sp³-hybridized carbons (Fsp3) is 0.250. The molecule has 20 heavy (non-hydrogen) atoms. The molecule has 0 radical (unpaired) electrons. The summed E-state index contributed by atoms with van der Waals surface area (Å²) in [6, 6.07) is 2.85. The van der Waals surface area contributed by atoms with Crippen molar-refractivity contribution in [2.75, 3.05) is 11.9 Å². The Morgan fingerprint density at radius 1 is 1.30 bits per heavy atom. The van der Waals surface area contributed by atoms with Crippen molar-refractivity contribution in [1.82, 2.24) is 5.32 Å². The number of carboxylic acids is 1. The summed E-state index contributed by atoms with van der Waals surface area (Å²) in [5.41, 5.74) is 4.17. The summed E-state index contributed by atoms with van der Waals surface area (Å²) in [4.78, 5) is 32.9. The zero-order valence-corrected chi connectivity index (χ0v) is 10.5. The van der Waals surface area contributed by atoms with Gasteiger partial charge in [0.25, 0.3) is 0 Å². The molecule has 0 saturated heterocycles. The molecule has 0 aliphatic rings. The first-order valence-corrected chi connectivity index (χ1v) is 5.76. The SMILES string of the molecule is NC(=O)CCCNC(=O)Nc1cccc(F)c1C(=O)O. The maximum absolute atomic E-state index is 13.3. The van der Waals surface area contributed by atoms with Crippen molar-refractivity contribution in [2.24, 2.45) is 5.73 Å². The van der Waals surface area contributed by atoms with E-state index in [0.717, 1.165) is 6.07 Å². The van der Waals surface area contributed by atoms with E-state index >= 15 is 0 Å². The number of carbonyl (C=O) groups excluding carboxylic acids is 2. The number of urea groups is 1. The number of amides is 3. The highest BCUT2D eigenvalue weighted by Gasteiger charge is 2.16. The smallest absolute Gasteiger partial charge is 0.340 e. The van der Waals surface area contributed by atoms with Crippen LogP contribution in [0.1, 0.15) is 23.2 Å². The summed E-state index contributed by atoms with van der Waals surface area (Å²) in [7, 11) is 0. The monoisotopic (exact) mass is 283 g/mol. The minimum absolute atomic E-state index is 0.126. The molecule has 0 fully saturated rings.